The van der Waals surface area contributed by atoms with Crippen LogP contribution in [-0.4, -0.2) is 25.5 Å². The standard InChI is InChI=1S/C11H14BrNO2S/c1-16(14,15)13-7-3-6-11(13)9-4-2-5-10(12)8-9/h2,4-5,8,11H,3,6-7H2,1H3. The normalized spacial score (nSPS) is 22.5. The molecule has 1 aromatic rings. The van der Waals surface area contributed by atoms with Crippen LogP contribution in [0.1, 0.15) is 24.4 Å². The Bertz CT molecular complexity index is 487. The zero-order chi connectivity index (χ0) is 11.8. The summed E-state index contributed by atoms with van der Waals surface area (Å²) in [6, 6.07) is 7.88. The summed E-state index contributed by atoms with van der Waals surface area (Å²) in [5.41, 5.74) is 1.07. The van der Waals surface area contributed by atoms with Gasteiger partial charge in [0.1, 0.15) is 0 Å². The van der Waals surface area contributed by atoms with E-state index in [1.165, 1.54) is 6.26 Å². The molecule has 1 heterocycles. The highest BCUT2D eigenvalue weighted by atomic mass is 79.9. The van der Waals surface area contributed by atoms with Crippen LogP contribution in [0.25, 0.3) is 0 Å². The maximum atomic E-state index is 11.6. The first-order valence-electron chi connectivity index (χ1n) is 5.21. The highest BCUT2D eigenvalue weighted by Crippen LogP contribution is 2.34. The average molecular weight is 304 g/mol. The van der Waals surface area contributed by atoms with E-state index in [1.54, 1.807) is 4.31 Å². The molecule has 1 aliphatic rings. The maximum Gasteiger partial charge on any atom is 0.211 e. The zero-order valence-electron chi connectivity index (χ0n) is 9.06. The topological polar surface area (TPSA) is 37.4 Å². The Kier molecular flexibility index (Phi) is 3.37. The molecule has 1 unspecified atom stereocenters. The van der Waals surface area contributed by atoms with Gasteiger partial charge in [-0.1, -0.05) is 28.1 Å². The Labute approximate surface area is 105 Å². The SMILES string of the molecule is CS(=O)(=O)N1CCCC1c1cccc(Br)c1. The zero-order valence-corrected chi connectivity index (χ0v) is 11.5. The summed E-state index contributed by atoms with van der Waals surface area (Å²) in [5, 5.41) is 0. The third-order valence-corrected chi connectivity index (χ3v) is 4.65. The fourth-order valence-corrected chi connectivity index (χ4v) is 3.75. The minimum Gasteiger partial charge on any atom is -0.212 e. The number of rotatable bonds is 2. The van der Waals surface area contributed by atoms with Crippen molar-refractivity contribution in [3.63, 3.8) is 0 Å². The monoisotopic (exact) mass is 303 g/mol. The van der Waals surface area contributed by atoms with Gasteiger partial charge in [-0.25, -0.2) is 8.42 Å². The molecular formula is C11H14BrNO2S. The predicted octanol–water partition coefficient (Wildman–Crippen LogP) is 2.55. The molecule has 0 amide bonds. The third-order valence-electron chi connectivity index (χ3n) is 2.86. The largest absolute Gasteiger partial charge is 0.212 e. The minimum atomic E-state index is -3.09. The molecule has 0 bridgehead atoms. The van der Waals surface area contributed by atoms with Crippen molar-refractivity contribution in [1.82, 2.24) is 4.31 Å². The molecule has 0 N–H and O–H groups in total. The van der Waals surface area contributed by atoms with Gasteiger partial charge < -0.3 is 0 Å². The summed E-state index contributed by atoms with van der Waals surface area (Å²) in [6.07, 6.45) is 3.12. The summed E-state index contributed by atoms with van der Waals surface area (Å²) < 4.78 is 25.8. The highest BCUT2D eigenvalue weighted by molar-refractivity contribution is 9.10. The molecule has 0 aliphatic carbocycles. The summed E-state index contributed by atoms with van der Waals surface area (Å²) in [7, 11) is -3.09. The highest BCUT2D eigenvalue weighted by Gasteiger charge is 2.32. The minimum absolute atomic E-state index is 0.00694. The van der Waals surface area contributed by atoms with Gasteiger partial charge in [-0.2, -0.15) is 4.31 Å². The average Bonchev–Trinajstić information content (AvgIpc) is 2.65. The molecule has 0 radical (unpaired) electrons. The van der Waals surface area contributed by atoms with Gasteiger partial charge in [0.2, 0.25) is 10.0 Å². The van der Waals surface area contributed by atoms with E-state index in [4.69, 9.17) is 0 Å². The number of sulfonamides is 1. The Morgan fingerprint density at radius 2 is 2.19 bits per heavy atom. The van der Waals surface area contributed by atoms with Gasteiger partial charge in [0.05, 0.1) is 6.26 Å². The summed E-state index contributed by atoms with van der Waals surface area (Å²) in [6.45, 7) is 0.635. The van der Waals surface area contributed by atoms with E-state index < -0.39 is 10.0 Å². The van der Waals surface area contributed by atoms with Crippen molar-refractivity contribution in [3.05, 3.63) is 34.3 Å². The van der Waals surface area contributed by atoms with Gasteiger partial charge in [0.15, 0.2) is 0 Å². The second-order valence-electron chi connectivity index (χ2n) is 4.09. The van der Waals surface area contributed by atoms with E-state index in [9.17, 15) is 8.42 Å². The Morgan fingerprint density at radius 3 is 2.81 bits per heavy atom. The fraction of sp³-hybridized carbons (Fsp3) is 0.455. The first-order valence-corrected chi connectivity index (χ1v) is 7.85. The summed E-state index contributed by atoms with van der Waals surface area (Å²) in [5.74, 6) is 0. The first kappa shape index (κ1) is 12.1. The molecule has 0 spiro atoms. The lowest BCUT2D eigenvalue weighted by atomic mass is 10.1. The van der Waals surface area contributed by atoms with Gasteiger partial charge in [0, 0.05) is 17.1 Å². The lowest BCUT2D eigenvalue weighted by molar-refractivity contribution is 0.400. The van der Waals surface area contributed by atoms with E-state index in [1.807, 2.05) is 24.3 Å². The molecular weight excluding hydrogens is 290 g/mol. The number of nitrogens with zero attached hydrogens (tertiary/aromatic N) is 1. The van der Waals surface area contributed by atoms with Gasteiger partial charge in [-0.15, -0.1) is 0 Å². The molecule has 1 saturated heterocycles. The molecule has 0 aromatic heterocycles. The van der Waals surface area contributed by atoms with Crippen molar-refractivity contribution in [3.8, 4) is 0 Å². The Hall–Kier alpha value is -0.390. The van der Waals surface area contributed by atoms with Crippen LogP contribution in [-0.2, 0) is 10.0 Å². The van der Waals surface area contributed by atoms with Crippen molar-refractivity contribution in [2.75, 3.05) is 12.8 Å². The van der Waals surface area contributed by atoms with Gasteiger partial charge in [-0.3, -0.25) is 0 Å². The van der Waals surface area contributed by atoms with Crippen molar-refractivity contribution in [2.24, 2.45) is 0 Å². The molecule has 88 valence electrons. The van der Waals surface area contributed by atoms with Gasteiger partial charge in [0.25, 0.3) is 0 Å². The number of hydrogen-bond donors (Lipinski definition) is 0. The van der Waals surface area contributed by atoms with Crippen molar-refractivity contribution in [2.45, 2.75) is 18.9 Å². The van der Waals surface area contributed by atoms with Crippen molar-refractivity contribution in [1.29, 1.82) is 0 Å². The van der Waals surface area contributed by atoms with Crippen molar-refractivity contribution >= 4 is 26.0 Å². The second kappa shape index (κ2) is 4.47. The van der Waals surface area contributed by atoms with Crippen LogP contribution in [0.4, 0.5) is 0 Å². The van der Waals surface area contributed by atoms with Crippen LogP contribution in [0.15, 0.2) is 28.7 Å². The van der Waals surface area contributed by atoms with E-state index in [0.717, 1.165) is 22.9 Å². The second-order valence-corrected chi connectivity index (χ2v) is 6.94. The van der Waals surface area contributed by atoms with Gasteiger partial charge in [-0.05, 0) is 30.5 Å². The molecule has 0 saturated carbocycles. The van der Waals surface area contributed by atoms with E-state index in [-0.39, 0.29) is 6.04 Å². The van der Waals surface area contributed by atoms with Crippen molar-refractivity contribution < 1.29 is 8.42 Å². The molecule has 1 atom stereocenters. The number of halogens is 1. The number of hydrogen-bond acceptors (Lipinski definition) is 2. The Morgan fingerprint density at radius 1 is 1.44 bits per heavy atom. The quantitative estimate of drug-likeness (QED) is 0.842. The molecule has 2 rings (SSSR count). The van der Waals surface area contributed by atoms with E-state index in [0.29, 0.717) is 6.54 Å². The van der Waals surface area contributed by atoms with Crippen LogP contribution >= 0.6 is 15.9 Å². The molecule has 3 nitrogen and oxygen atoms in total. The molecule has 5 heteroatoms. The first-order chi connectivity index (χ1) is 7.48. The van der Waals surface area contributed by atoms with Gasteiger partial charge >= 0.3 is 0 Å². The fourth-order valence-electron chi connectivity index (χ4n) is 2.18. The van der Waals surface area contributed by atoms with Crippen LogP contribution < -0.4 is 0 Å². The summed E-state index contributed by atoms with van der Waals surface area (Å²) >= 11 is 3.41. The van der Waals surface area contributed by atoms with Crippen LogP contribution in [0.3, 0.4) is 0 Å². The molecule has 1 aliphatic heterocycles. The smallest absolute Gasteiger partial charge is 0.211 e. The lowest BCUT2D eigenvalue weighted by Gasteiger charge is -2.22. The van der Waals surface area contributed by atoms with Crippen LogP contribution in [0, 0.1) is 0 Å². The van der Waals surface area contributed by atoms with Crippen LogP contribution in [0.5, 0.6) is 0 Å². The third kappa shape index (κ3) is 2.47. The maximum absolute atomic E-state index is 11.6. The lowest BCUT2D eigenvalue weighted by Crippen LogP contribution is -2.29. The summed E-state index contributed by atoms with van der Waals surface area (Å²) in [4.78, 5) is 0. The molecule has 1 aromatic carbocycles. The number of benzene rings is 1. The molecule has 16 heavy (non-hydrogen) atoms. The predicted molar refractivity (Wildman–Crippen MR) is 67.7 cm³/mol. The van der Waals surface area contributed by atoms with E-state index in [2.05, 4.69) is 15.9 Å². The van der Waals surface area contributed by atoms with E-state index >= 15 is 0 Å². The molecule has 1 fully saturated rings. The van der Waals surface area contributed by atoms with Crippen LogP contribution in [0.2, 0.25) is 0 Å². The Balaban J connectivity index is 2.34.